The third kappa shape index (κ3) is 3.31. The number of nitrogens with zero attached hydrogens (tertiary/aromatic N) is 3. The number of benzene rings is 1. The Morgan fingerprint density at radius 1 is 1.32 bits per heavy atom. The van der Waals surface area contributed by atoms with Crippen LogP contribution in [-0.4, -0.2) is 34.3 Å². The minimum Gasteiger partial charge on any atom is -0.388 e. The van der Waals surface area contributed by atoms with Crippen molar-refractivity contribution in [1.29, 1.82) is 0 Å². The molecule has 0 fully saturated rings. The first-order valence-corrected chi connectivity index (χ1v) is 6.09. The molecular weight excluding hydrogens is 242 g/mol. The molecule has 1 amide bonds. The predicted octanol–water partition coefficient (Wildman–Crippen LogP) is 0.829. The SMILES string of the molecule is CNc1ccc(C(=O)NCCc2nncn2C)cc1. The van der Waals surface area contributed by atoms with Crippen LogP contribution in [0.25, 0.3) is 0 Å². The minimum absolute atomic E-state index is 0.0789. The van der Waals surface area contributed by atoms with Gasteiger partial charge in [0.25, 0.3) is 5.91 Å². The number of anilines is 1. The Morgan fingerprint density at radius 3 is 2.63 bits per heavy atom. The molecule has 0 aliphatic rings. The van der Waals surface area contributed by atoms with Gasteiger partial charge in [-0.2, -0.15) is 0 Å². The maximum absolute atomic E-state index is 11.9. The molecule has 0 spiro atoms. The van der Waals surface area contributed by atoms with Gasteiger partial charge in [0.05, 0.1) is 0 Å². The molecule has 0 aliphatic carbocycles. The van der Waals surface area contributed by atoms with Crippen LogP contribution >= 0.6 is 0 Å². The summed E-state index contributed by atoms with van der Waals surface area (Å²) < 4.78 is 1.84. The molecule has 2 aromatic rings. The number of carbonyl (C=O) groups excluding carboxylic acids is 1. The van der Waals surface area contributed by atoms with Crippen LogP contribution in [0.1, 0.15) is 16.2 Å². The number of rotatable bonds is 5. The lowest BCUT2D eigenvalue weighted by Crippen LogP contribution is -2.26. The topological polar surface area (TPSA) is 71.8 Å². The first-order valence-electron chi connectivity index (χ1n) is 6.09. The van der Waals surface area contributed by atoms with E-state index in [1.807, 2.05) is 30.8 Å². The van der Waals surface area contributed by atoms with Crippen molar-refractivity contribution in [1.82, 2.24) is 20.1 Å². The van der Waals surface area contributed by atoms with Gasteiger partial charge in [0, 0.05) is 38.3 Å². The van der Waals surface area contributed by atoms with Crippen LogP contribution in [0.4, 0.5) is 5.69 Å². The largest absolute Gasteiger partial charge is 0.388 e. The number of hydrogen-bond acceptors (Lipinski definition) is 4. The van der Waals surface area contributed by atoms with Crippen molar-refractivity contribution in [3.63, 3.8) is 0 Å². The molecule has 2 rings (SSSR count). The quantitative estimate of drug-likeness (QED) is 0.834. The molecule has 0 aliphatic heterocycles. The summed E-state index contributed by atoms with van der Waals surface area (Å²) in [6.45, 7) is 0.541. The number of amides is 1. The molecule has 1 heterocycles. The molecule has 0 bridgehead atoms. The number of carbonyl (C=O) groups is 1. The Bertz CT molecular complexity index is 546. The summed E-state index contributed by atoms with van der Waals surface area (Å²) in [4.78, 5) is 11.9. The van der Waals surface area contributed by atoms with Gasteiger partial charge < -0.3 is 15.2 Å². The second kappa shape index (κ2) is 5.99. The fraction of sp³-hybridized carbons (Fsp3) is 0.308. The average Bonchev–Trinajstić information content (AvgIpc) is 2.84. The van der Waals surface area contributed by atoms with E-state index in [2.05, 4.69) is 20.8 Å². The first kappa shape index (κ1) is 13.1. The average molecular weight is 259 g/mol. The standard InChI is InChI=1S/C13H17N5O/c1-14-11-5-3-10(4-6-11)13(19)15-8-7-12-17-16-9-18(12)2/h3-6,9,14H,7-8H2,1-2H3,(H,15,19). The maximum Gasteiger partial charge on any atom is 0.251 e. The molecule has 0 saturated carbocycles. The van der Waals surface area contributed by atoms with Crippen LogP contribution in [0, 0.1) is 0 Å². The molecule has 0 unspecified atom stereocenters. The first-order chi connectivity index (χ1) is 9.20. The lowest BCUT2D eigenvalue weighted by Gasteiger charge is -2.06. The number of nitrogens with one attached hydrogen (secondary N) is 2. The zero-order chi connectivity index (χ0) is 13.7. The van der Waals surface area contributed by atoms with E-state index < -0.39 is 0 Å². The second-order valence-electron chi connectivity index (χ2n) is 4.19. The molecule has 19 heavy (non-hydrogen) atoms. The number of hydrogen-bond donors (Lipinski definition) is 2. The van der Waals surface area contributed by atoms with Gasteiger partial charge in [-0.1, -0.05) is 0 Å². The van der Waals surface area contributed by atoms with Crippen molar-refractivity contribution in [3.8, 4) is 0 Å². The Morgan fingerprint density at radius 2 is 2.05 bits per heavy atom. The van der Waals surface area contributed by atoms with E-state index in [1.165, 1.54) is 0 Å². The van der Waals surface area contributed by atoms with Crippen molar-refractivity contribution in [2.24, 2.45) is 7.05 Å². The number of aromatic nitrogens is 3. The van der Waals surface area contributed by atoms with E-state index in [4.69, 9.17) is 0 Å². The van der Waals surface area contributed by atoms with Gasteiger partial charge in [-0.15, -0.1) is 10.2 Å². The van der Waals surface area contributed by atoms with Crippen molar-refractivity contribution < 1.29 is 4.79 Å². The summed E-state index contributed by atoms with van der Waals surface area (Å²) >= 11 is 0. The summed E-state index contributed by atoms with van der Waals surface area (Å²) in [6, 6.07) is 7.34. The second-order valence-corrected chi connectivity index (χ2v) is 4.19. The highest BCUT2D eigenvalue weighted by Crippen LogP contribution is 2.08. The highest BCUT2D eigenvalue weighted by atomic mass is 16.1. The lowest BCUT2D eigenvalue weighted by molar-refractivity contribution is 0.0954. The molecule has 0 saturated heterocycles. The third-order valence-corrected chi connectivity index (χ3v) is 2.88. The summed E-state index contributed by atoms with van der Waals surface area (Å²) in [6.07, 6.45) is 2.31. The molecule has 0 radical (unpaired) electrons. The third-order valence-electron chi connectivity index (χ3n) is 2.88. The van der Waals surface area contributed by atoms with Crippen molar-refractivity contribution >= 4 is 11.6 Å². The highest BCUT2D eigenvalue weighted by Gasteiger charge is 2.06. The van der Waals surface area contributed by atoms with E-state index in [0.29, 0.717) is 18.5 Å². The van der Waals surface area contributed by atoms with Crippen molar-refractivity contribution in [3.05, 3.63) is 42.0 Å². The lowest BCUT2D eigenvalue weighted by atomic mass is 10.2. The molecule has 2 N–H and O–H groups in total. The zero-order valence-electron chi connectivity index (χ0n) is 11.1. The Hall–Kier alpha value is -2.37. The Balaban J connectivity index is 1.85. The van der Waals surface area contributed by atoms with Gasteiger partial charge in [-0.05, 0) is 24.3 Å². The normalized spacial score (nSPS) is 10.2. The van der Waals surface area contributed by atoms with Crippen LogP contribution in [0.2, 0.25) is 0 Å². The van der Waals surface area contributed by atoms with Crippen LogP contribution < -0.4 is 10.6 Å². The van der Waals surface area contributed by atoms with E-state index in [0.717, 1.165) is 11.5 Å². The highest BCUT2D eigenvalue weighted by molar-refractivity contribution is 5.94. The molecule has 1 aromatic heterocycles. The van der Waals surface area contributed by atoms with Crippen molar-refractivity contribution in [2.75, 3.05) is 18.9 Å². The summed E-state index contributed by atoms with van der Waals surface area (Å²) in [5.41, 5.74) is 1.63. The van der Waals surface area contributed by atoms with Crippen LogP contribution in [0.3, 0.4) is 0 Å². The Kier molecular flexibility index (Phi) is 4.12. The van der Waals surface area contributed by atoms with Gasteiger partial charge >= 0.3 is 0 Å². The minimum atomic E-state index is -0.0789. The van der Waals surface area contributed by atoms with E-state index >= 15 is 0 Å². The summed E-state index contributed by atoms with van der Waals surface area (Å²) in [7, 11) is 3.73. The van der Waals surface area contributed by atoms with E-state index in [-0.39, 0.29) is 5.91 Å². The molecule has 6 nitrogen and oxygen atoms in total. The maximum atomic E-state index is 11.9. The molecule has 1 aromatic carbocycles. The predicted molar refractivity (Wildman–Crippen MR) is 73.0 cm³/mol. The fourth-order valence-corrected chi connectivity index (χ4v) is 1.71. The molecular formula is C13H17N5O. The van der Waals surface area contributed by atoms with Gasteiger partial charge in [0.1, 0.15) is 12.2 Å². The van der Waals surface area contributed by atoms with Gasteiger partial charge in [0.2, 0.25) is 0 Å². The van der Waals surface area contributed by atoms with E-state index in [1.54, 1.807) is 18.5 Å². The van der Waals surface area contributed by atoms with Crippen molar-refractivity contribution in [2.45, 2.75) is 6.42 Å². The van der Waals surface area contributed by atoms with Crippen LogP contribution in [0.5, 0.6) is 0 Å². The molecule has 6 heteroatoms. The smallest absolute Gasteiger partial charge is 0.251 e. The van der Waals surface area contributed by atoms with Crippen LogP contribution in [-0.2, 0) is 13.5 Å². The summed E-state index contributed by atoms with van der Waals surface area (Å²) in [5, 5.41) is 13.6. The van der Waals surface area contributed by atoms with E-state index in [9.17, 15) is 4.79 Å². The fourth-order valence-electron chi connectivity index (χ4n) is 1.71. The molecule has 0 atom stereocenters. The van der Waals surface area contributed by atoms with Gasteiger partial charge in [-0.3, -0.25) is 4.79 Å². The number of aryl methyl sites for hydroxylation is 1. The van der Waals surface area contributed by atoms with Gasteiger partial charge in [0.15, 0.2) is 0 Å². The zero-order valence-corrected chi connectivity index (χ0v) is 11.1. The Labute approximate surface area is 111 Å². The summed E-state index contributed by atoms with van der Waals surface area (Å²) in [5.74, 6) is 0.774. The molecule has 100 valence electrons. The van der Waals surface area contributed by atoms with Crippen LogP contribution in [0.15, 0.2) is 30.6 Å². The van der Waals surface area contributed by atoms with Gasteiger partial charge in [-0.25, -0.2) is 0 Å². The monoisotopic (exact) mass is 259 g/mol.